The third-order valence-electron chi connectivity index (χ3n) is 2.55. The van der Waals surface area contributed by atoms with Crippen LogP contribution in [0.1, 0.15) is 23.2 Å². The Balaban J connectivity index is 1.82. The van der Waals surface area contributed by atoms with E-state index in [-0.39, 0.29) is 6.04 Å². The van der Waals surface area contributed by atoms with Crippen LogP contribution in [-0.2, 0) is 14.6 Å². The Bertz CT molecular complexity index is 398. The van der Waals surface area contributed by atoms with Crippen molar-refractivity contribution in [3.05, 3.63) is 35.9 Å². The maximum Gasteiger partial charge on any atom is 0.386 e. The van der Waals surface area contributed by atoms with Crippen molar-refractivity contribution < 1.29 is 19.4 Å². The minimum absolute atomic E-state index is 0.347. The minimum Gasteiger partial charge on any atom is -0.304 e. The molecule has 1 unspecified atom stereocenters. The van der Waals surface area contributed by atoms with Gasteiger partial charge >= 0.3 is 11.9 Å². The van der Waals surface area contributed by atoms with Crippen molar-refractivity contribution in [1.82, 2.24) is 5.32 Å². The Hall–Kier alpha value is -1.88. The molecule has 1 atom stereocenters. The van der Waals surface area contributed by atoms with E-state index in [0.29, 0.717) is 12.0 Å². The second-order valence-electron chi connectivity index (χ2n) is 3.79. The highest BCUT2D eigenvalue weighted by atomic mass is 17.2. The molecule has 5 nitrogen and oxygen atoms in total. The number of benzene rings is 1. The Labute approximate surface area is 98.6 Å². The van der Waals surface area contributed by atoms with Crippen molar-refractivity contribution in [2.24, 2.45) is 0 Å². The van der Waals surface area contributed by atoms with Crippen molar-refractivity contribution >= 4 is 11.9 Å². The first kappa shape index (κ1) is 11.6. The van der Waals surface area contributed by atoms with E-state index in [0.717, 1.165) is 13.0 Å². The average molecular weight is 235 g/mol. The van der Waals surface area contributed by atoms with Gasteiger partial charge in [0, 0.05) is 0 Å². The summed E-state index contributed by atoms with van der Waals surface area (Å²) in [4.78, 5) is 31.8. The Morgan fingerprint density at radius 1 is 1.18 bits per heavy atom. The van der Waals surface area contributed by atoms with Gasteiger partial charge in [-0.2, -0.15) is 0 Å². The molecule has 0 aromatic heterocycles. The smallest absolute Gasteiger partial charge is 0.304 e. The predicted octanol–water partition coefficient (Wildman–Crippen LogP) is 1.05. The molecular formula is C12H13NO4. The van der Waals surface area contributed by atoms with Gasteiger partial charge < -0.3 is 5.32 Å². The van der Waals surface area contributed by atoms with Gasteiger partial charge in [0.2, 0.25) is 0 Å². The highest BCUT2D eigenvalue weighted by Gasteiger charge is 2.25. The van der Waals surface area contributed by atoms with E-state index < -0.39 is 11.9 Å². The second-order valence-corrected chi connectivity index (χ2v) is 3.79. The lowest BCUT2D eigenvalue weighted by atomic mass is 10.2. The molecule has 0 aliphatic carbocycles. The van der Waals surface area contributed by atoms with E-state index in [1.54, 1.807) is 30.3 Å². The molecule has 0 amide bonds. The largest absolute Gasteiger partial charge is 0.386 e. The van der Waals surface area contributed by atoms with Gasteiger partial charge in [0.05, 0.1) is 5.56 Å². The zero-order valence-electron chi connectivity index (χ0n) is 9.22. The topological polar surface area (TPSA) is 64.6 Å². The van der Waals surface area contributed by atoms with Crippen LogP contribution in [0.5, 0.6) is 0 Å². The van der Waals surface area contributed by atoms with Gasteiger partial charge in [-0.25, -0.2) is 19.4 Å². The highest BCUT2D eigenvalue weighted by Crippen LogP contribution is 2.08. The third kappa shape index (κ3) is 3.04. The first-order chi connectivity index (χ1) is 8.27. The molecule has 0 spiro atoms. The summed E-state index contributed by atoms with van der Waals surface area (Å²) in [5.74, 6) is -1.22. The molecule has 1 aromatic carbocycles. The van der Waals surface area contributed by atoms with Crippen LogP contribution in [0.4, 0.5) is 0 Å². The Morgan fingerprint density at radius 3 is 2.59 bits per heavy atom. The van der Waals surface area contributed by atoms with Gasteiger partial charge in [-0.05, 0) is 31.5 Å². The molecule has 2 rings (SSSR count). The molecule has 1 saturated heterocycles. The van der Waals surface area contributed by atoms with Gasteiger partial charge in [0.1, 0.15) is 6.04 Å². The van der Waals surface area contributed by atoms with Crippen LogP contribution in [0, 0.1) is 0 Å². The number of rotatable bonds is 2. The number of carbonyl (C=O) groups is 2. The number of hydrogen-bond acceptors (Lipinski definition) is 5. The van der Waals surface area contributed by atoms with Crippen molar-refractivity contribution in [1.29, 1.82) is 0 Å². The summed E-state index contributed by atoms with van der Waals surface area (Å²) >= 11 is 0. The molecule has 5 heteroatoms. The van der Waals surface area contributed by atoms with Crippen LogP contribution >= 0.6 is 0 Å². The van der Waals surface area contributed by atoms with Crippen LogP contribution in [0.2, 0.25) is 0 Å². The molecular weight excluding hydrogens is 222 g/mol. The van der Waals surface area contributed by atoms with Gasteiger partial charge in [-0.3, -0.25) is 0 Å². The predicted molar refractivity (Wildman–Crippen MR) is 59.0 cm³/mol. The summed E-state index contributed by atoms with van der Waals surface area (Å²) in [6.45, 7) is 0.784. The Kier molecular flexibility index (Phi) is 3.72. The number of carbonyl (C=O) groups excluding carboxylic acids is 2. The monoisotopic (exact) mass is 235 g/mol. The SMILES string of the molecule is O=C(OOC(=O)C1CCCN1)c1ccccc1. The fourth-order valence-corrected chi connectivity index (χ4v) is 1.65. The van der Waals surface area contributed by atoms with Crippen molar-refractivity contribution in [2.75, 3.05) is 6.54 Å². The van der Waals surface area contributed by atoms with E-state index in [1.807, 2.05) is 0 Å². The Morgan fingerprint density at radius 2 is 1.94 bits per heavy atom. The average Bonchev–Trinajstić information content (AvgIpc) is 2.90. The summed E-state index contributed by atoms with van der Waals surface area (Å²) in [5.41, 5.74) is 0.347. The molecule has 1 N–H and O–H groups in total. The standard InChI is InChI=1S/C12H13NO4/c14-11(9-5-2-1-3-6-9)16-17-12(15)10-7-4-8-13-10/h1-3,5-6,10,13H,4,7-8H2. The van der Waals surface area contributed by atoms with Crippen LogP contribution < -0.4 is 5.32 Å². The molecule has 1 aliphatic rings. The fraction of sp³-hybridized carbons (Fsp3) is 0.333. The van der Waals surface area contributed by atoms with Crippen LogP contribution in [0.25, 0.3) is 0 Å². The normalized spacial score (nSPS) is 18.7. The summed E-state index contributed by atoms with van der Waals surface area (Å²) in [7, 11) is 0. The lowest BCUT2D eigenvalue weighted by molar-refractivity contribution is -0.235. The summed E-state index contributed by atoms with van der Waals surface area (Å²) in [6, 6.07) is 8.01. The zero-order valence-corrected chi connectivity index (χ0v) is 9.22. The molecule has 0 radical (unpaired) electrons. The maximum absolute atomic E-state index is 11.4. The van der Waals surface area contributed by atoms with E-state index in [9.17, 15) is 9.59 Å². The van der Waals surface area contributed by atoms with Gasteiger partial charge in [-0.15, -0.1) is 0 Å². The molecule has 0 bridgehead atoms. The molecule has 1 heterocycles. The lowest BCUT2D eigenvalue weighted by Gasteiger charge is -2.07. The van der Waals surface area contributed by atoms with Crippen LogP contribution in [0.15, 0.2) is 30.3 Å². The lowest BCUT2D eigenvalue weighted by Crippen LogP contribution is -2.32. The molecule has 1 aromatic rings. The molecule has 90 valence electrons. The van der Waals surface area contributed by atoms with Gasteiger partial charge in [0.25, 0.3) is 0 Å². The number of nitrogens with one attached hydrogen (secondary N) is 1. The van der Waals surface area contributed by atoms with E-state index >= 15 is 0 Å². The quantitative estimate of drug-likeness (QED) is 0.613. The first-order valence-electron chi connectivity index (χ1n) is 5.48. The van der Waals surface area contributed by atoms with E-state index in [1.165, 1.54) is 0 Å². The zero-order chi connectivity index (χ0) is 12.1. The van der Waals surface area contributed by atoms with Crippen LogP contribution in [0.3, 0.4) is 0 Å². The van der Waals surface area contributed by atoms with Crippen molar-refractivity contribution in [3.63, 3.8) is 0 Å². The second kappa shape index (κ2) is 5.45. The number of hydrogen-bond donors (Lipinski definition) is 1. The summed E-state index contributed by atoms with van der Waals surface area (Å²) in [5, 5.41) is 2.95. The molecule has 0 saturated carbocycles. The van der Waals surface area contributed by atoms with Gasteiger partial charge in [-0.1, -0.05) is 18.2 Å². The van der Waals surface area contributed by atoms with Crippen molar-refractivity contribution in [2.45, 2.75) is 18.9 Å². The summed E-state index contributed by atoms with van der Waals surface area (Å²) < 4.78 is 0. The minimum atomic E-state index is -0.669. The maximum atomic E-state index is 11.4. The molecule has 1 fully saturated rings. The van der Waals surface area contributed by atoms with Crippen molar-refractivity contribution in [3.8, 4) is 0 Å². The van der Waals surface area contributed by atoms with Crippen LogP contribution in [-0.4, -0.2) is 24.5 Å². The molecule has 1 aliphatic heterocycles. The van der Waals surface area contributed by atoms with E-state index in [2.05, 4.69) is 15.1 Å². The first-order valence-corrected chi connectivity index (χ1v) is 5.48. The van der Waals surface area contributed by atoms with E-state index in [4.69, 9.17) is 0 Å². The third-order valence-corrected chi connectivity index (χ3v) is 2.55. The van der Waals surface area contributed by atoms with Gasteiger partial charge in [0.15, 0.2) is 0 Å². The fourth-order valence-electron chi connectivity index (χ4n) is 1.65. The summed E-state index contributed by atoms with van der Waals surface area (Å²) in [6.07, 6.45) is 1.63. The molecule has 17 heavy (non-hydrogen) atoms. The highest BCUT2D eigenvalue weighted by molar-refractivity contribution is 5.89.